The number of para-hydroxylation sites is 1. The van der Waals surface area contributed by atoms with Crippen LogP contribution in [0.3, 0.4) is 0 Å². The molecule has 6 nitrogen and oxygen atoms in total. The fourth-order valence-electron chi connectivity index (χ4n) is 2.45. The summed E-state index contributed by atoms with van der Waals surface area (Å²) in [6.45, 7) is 2.48. The van der Waals surface area contributed by atoms with E-state index in [1.165, 1.54) is 23.9 Å². The molecule has 0 saturated carbocycles. The highest BCUT2D eigenvalue weighted by atomic mass is 79.9. The zero-order valence-electron chi connectivity index (χ0n) is 14.3. The van der Waals surface area contributed by atoms with Crippen LogP contribution in [0.1, 0.15) is 6.92 Å². The molecule has 0 fully saturated rings. The molecule has 0 radical (unpaired) electrons. The summed E-state index contributed by atoms with van der Waals surface area (Å²) in [5.41, 5.74) is 0.682. The van der Waals surface area contributed by atoms with Crippen LogP contribution in [-0.2, 0) is 11.3 Å². The second kappa shape index (κ2) is 8.53. The van der Waals surface area contributed by atoms with Crippen LogP contribution in [0.25, 0.3) is 11.4 Å². The van der Waals surface area contributed by atoms with Crippen LogP contribution in [0.5, 0.6) is 5.75 Å². The zero-order valence-corrected chi connectivity index (χ0v) is 16.7. The first-order valence-electron chi connectivity index (χ1n) is 8.09. The molecule has 27 heavy (non-hydrogen) atoms. The normalized spacial score (nSPS) is 10.8. The highest BCUT2D eigenvalue weighted by molar-refractivity contribution is 9.10. The molecule has 3 rings (SSSR count). The van der Waals surface area contributed by atoms with Crippen molar-refractivity contribution in [3.05, 3.63) is 52.8 Å². The number of phenols is 1. The highest BCUT2D eigenvalue weighted by Crippen LogP contribution is 2.32. The summed E-state index contributed by atoms with van der Waals surface area (Å²) in [6, 6.07) is 11.0. The van der Waals surface area contributed by atoms with Gasteiger partial charge in [0.15, 0.2) is 11.0 Å². The number of benzene rings is 2. The second-order valence-electron chi connectivity index (χ2n) is 5.53. The van der Waals surface area contributed by atoms with E-state index in [0.29, 0.717) is 23.1 Å². The standard InChI is InChI=1S/C18H16BrFN4O2S/c1-2-24-17(12-9-11(19)7-8-15(12)25)22-23-18(24)27-10-16(26)21-14-6-4-3-5-13(14)20/h3-9,25H,2,10H2,1H3,(H,21,26). The van der Waals surface area contributed by atoms with E-state index in [9.17, 15) is 14.3 Å². The Morgan fingerprint density at radius 2 is 2.07 bits per heavy atom. The Kier molecular flexibility index (Phi) is 6.12. The molecular formula is C18H16BrFN4O2S. The first kappa shape index (κ1) is 19.4. The lowest BCUT2D eigenvalue weighted by molar-refractivity contribution is -0.113. The number of aromatic hydroxyl groups is 1. The molecule has 0 bridgehead atoms. The van der Waals surface area contributed by atoms with Gasteiger partial charge < -0.3 is 15.0 Å². The summed E-state index contributed by atoms with van der Waals surface area (Å²) >= 11 is 4.57. The number of aromatic nitrogens is 3. The lowest BCUT2D eigenvalue weighted by Crippen LogP contribution is -2.15. The Morgan fingerprint density at radius 1 is 1.30 bits per heavy atom. The van der Waals surface area contributed by atoms with Gasteiger partial charge in [-0.05, 0) is 37.3 Å². The molecule has 0 aliphatic rings. The van der Waals surface area contributed by atoms with Crippen molar-refractivity contribution in [1.82, 2.24) is 14.8 Å². The van der Waals surface area contributed by atoms with E-state index in [1.54, 1.807) is 30.3 Å². The number of amides is 1. The van der Waals surface area contributed by atoms with E-state index in [4.69, 9.17) is 0 Å². The summed E-state index contributed by atoms with van der Waals surface area (Å²) in [4.78, 5) is 12.1. The number of hydrogen-bond donors (Lipinski definition) is 2. The number of nitrogens with zero attached hydrogens (tertiary/aromatic N) is 3. The largest absolute Gasteiger partial charge is 0.507 e. The smallest absolute Gasteiger partial charge is 0.234 e. The molecule has 1 aromatic heterocycles. The Bertz CT molecular complexity index is 980. The number of halogens is 2. The quantitative estimate of drug-likeness (QED) is 0.547. The zero-order chi connectivity index (χ0) is 19.4. The number of nitrogens with one attached hydrogen (secondary N) is 1. The first-order chi connectivity index (χ1) is 13.0. The van der Waals surface area contributed by atoms with Gasteiger partial charge in [-0.2, -0.15) is 0 Å². The topological polar surface area (TPSA) is 80.0 Å². The molecule has 0 spiro atoms. The van der Waals surface area contributed by atoms with Crippen LogP contribution in [0.4, 0.5) is 10.1 Å². The summed E-state index contributed by atoms with van der Waals surface area (Å²) in [6.07, 6.45) is 0. The summed E-state index contributed by atoms with van der Waals surface area (Å²) in [5.74, 6) is -0.179. The second-order valence-corrected chi connectivity index (χ2v) is 7.39. The number of rotatable bonds is 6. The van der Waals surface area contributed by atoms with Crippen molar-refractivity contribution in [2.24, 2.45) is 0 Å². The van der Waals surface area contributed by atoms with Crippen LogP contribution < -0.4 is 5.32 Å². The maximum absolute atomic E-state index is 13.6. The number of phenolic OH excluding ortho intramolecular Hbond substituents is 1. The number of carbonyl (C=O) groups is 1. The third-order valence-electron chi connectivity index (χ3n) is 3.71. The number of anilines is 1. The van der Waals surface area contributed by atoms with Gasteiger partial charge in [0.25, 0.3) is 0 Å². The third kappa shape index (κ3) is 4.48. The monoisotopic (exact) mass is 450 g/mol. The number of hydrogen-bond acceptors (Lipinski definition) is 5. The minimum absolute atomic E-state index is 0.0525. The van der Waals surface area contributed by atoms with Gasteiger partial charge in [0.2, 0.25) is 5.91 Å². The lowest BCUT2D eigenvalue weighted by atomic mass is 10.2. The Labute approximate surface area is 167 Å². The summed E-state index contributed by atoms with van der Waals surface area (Å²) < 4.78 is 16.2. The van der Waals surface area contributed by atoms with Gasteiger partial charge in [-0.3, -0.25) is 4.79 Å². The highest BCUT2D eigenvalue weighted by Gasteiger charge is 2.17. The van der Waals surface area contributed by atoms with Gasteiger partial charge >= 0.3 is 0 Å². The molecule has 0 saturated heterocycles. The van der Waals surface area contributed by atoms with E-state index in [2.05, 4.69) is 31.4 Å². The molecule has 0 aliphatic carbocycles. The third-order valence-corrected chi connectivity index (χ3v) is 5.17. The van der Waals surface area contributed by atoms with Crippen molar-refractivity contribution in [2.45, 2.75) is 18.6 Å². The van der Waals surface area contributed by atoms with E-state index in [-0.39, 0.29) is 23.1 Å². The predicted molar refractivity (Wildman–Crippen MR) is 106 cm³/mol. The van der Waals surface area contributed by atoms with E-state index < -0.39 is 5.82 Å². The molecule has 1 heterocycles. The fraction of sp³-hybridized carbons (Fsp3) is 0.167. The van der Waals surface area contributed by atoms with Crippen molar-refractivity contribution < 1.29 is 14.3 Å². The Hall–Kier alpha value is -2.39. The summed E-state index contributed by atoms with van der Waals surface area (Å²) in [5, 5.41) is 21.5. The molecule has 0 unspecified atom stereocenters. The van der Waals surface area contributed by atoms with Crippen molar-refractivity contribution in [1.29, 1.82) is 0 Å². The van der Waals surface area contributed by atoms with Crippen molar-refractivity contribution in [3.63, 3.8) is 0 Å². The molecule has 2 N–H and O–H groups in total. The minimum atomic E-state index is -0.486. The predicted octanol–water partition coefficient (Wildman–Crippen LogP) is 4.30. The molecule has 0 atom stereocenters. The Morgan fingerprint density at radius 3 is 2.81 bits per heavy atom. The van der Waals surface area contributed by atoms with Crippen molar-refractivity contribution in [2.75, 3.05) is 11.1 Å². The maximum atomic E-state index is 13.6. The van der Waals surface area contributed by atoms with Crippen molar-refractivity contribution >= 4 is 39.3 Å². The lowest BCUT2D eigenvalue weighted by Gasteiger charge is -2.09. The molecule has 3 aromatic rings. The Balaban J connectivity index is 1.74. The number of carbonyl (C=O) groups excluding carboxylic acids is 1. The molecule has 2 aromatic carbocycles. The fourth-order valence-corrected chi connectivity index (χ4v) is 3.61. The maximum Gasteiger partial charge on any atom is 0.234 e. The van der Waals surface area contributed by atoms with Gasteiger partial charge in [-0.15, -0.1) is 10.2 Å². The van der Waals surface area contributed by atoms with Crippen LogP contribution >= 0.6 is 27.7 Å². The van der Waals surface area contributed by atoms with E-state index in [0.717, 1.165) is 4.47 Å². The van der Waals surface area contributed by atoms with Crippen molar-refractivity contribution in [3.8, 4) is 17.1 Å². The molecule has 1 amide bonds. The van der Waals surface area contributed by atoms with Gasteiger partial charge in [-0.25, -0.2) is 4.39 Å². The molecule has 9 heteroatoms. The number of thioether (sulfide) groups is 1. The summed E-state index contributed by atoms with van der Waals surface area (Å²) in [7, 11) is 0. The average Bonchev–Trinajstić information content (AvgIpc) is 3.06. The van der Waals surface area contributed by atoms with Crippen LogP contribution in [0.15, 0.2) is 52.1 Å². The van der Waals surface area contributed by atoms with Crippen LogP contribution in [-0.4, -0.2) is 31.5 Å². The van der Waals surface area contributed by atoms with Crippen LogP contribution in [0, 0.1) is 5.82 Å². The van der Waals surface area contributed by atoms with E-state index in [1.807, 2.05) is 11.5 Å². The van der Waals surface area contributed by atoms with Gasteiger partial charge in [0, 0.05) is 11.0 Å². The minimum Gasteiger partial charge on any atom is -0.507 e. The molecule has 0 aliphatic heterocycles. The van der Waals surface area contributed by atoms with Crippen LogP contribution in [0.2, 0.25) is 0 Å². The van der Waals surface area contributed by atoms with Gasteiger partial charge in [0.05, 0.1) is 17.0 Å². The molecule has 140 valence electrons. The average molecular weight is 451 g/mol. The van der Waals surface area contributed by atoms with E-state index >= 15 is 0 Å². The van der Waals surface area contributed by atoms with Gasteiger partial charge in [-0.1, -0.05) is 39.8 Å². The van der Waals surface area contributed by atoms with Gasteiger partial charge in [0.1, 0.15) is 11.6 Å². The molecular weight excluding hydrogens is 435 g/mol. The SMILES string of the molecule is CCn1c(SCC(=O)Nc2ccccc2F)nnc1-c1cc(Br)ccc1O. The first-order valence-corrected chi connectivity index (χ1v) is 9.86.